The number of nitrogens with one attached hydrogen (secondary N) is 2. The van der Waals surface area contributed by atoms with Crippen LogP contribution in [0.15, 0.2) is 4.99 Å². The minimum Gasteiger partial charge on any atom is -0.379 e. The SMILES string of the molecule is CCS(=O)(=O)NCCNC(=NC)N(C)CCOCC1CC1.I. The molecule has 0 unspecified atom stereocenters. The Bertz CT molecular complexity index is 427. The highest BCUT2D eigenvalue weighted by Crippen LogP contribution is 2.28. The van der Waals surface area contributed by atoms with Crippen molar-refractivity contribution in [2.24, 2.45) is 10.9 Å². The van der Waals surface area contributed by atoms with Crippen molar-refractivity contribution in [2.75, 3.05) is 52.7 Å². The van der Waals surface area contributed by atoms with Crippen LogP contribution >= 0.6 is 24.0 Å². The monoisotopic (exact) mass is 448 g/mol. The van der Waals surface area contributed by atoms with Gasteiger partial charge in [0.05, 0.1) is 12.4 Å². The average molecular weight is 448 g/mol. The molecule has 22 heavy (non-hydrogen) atoms. The summed E-state index contributed by atoms with van der Waals surface area (Å²) in [6.45, 7) is 4.76. The number of hydrogen-bond donors (Lipinski definition) is 2. The van der Waals surface area contributed by atoms with Gasteiger partial charge in [0.2, 0.25) is 10.0 Å². The molecule has 0 aromatic carbocycles. The number of hydrogen-bond acceptors (Lipinski definition) is 4. The molecule has 0 aromatic heterocycles. The molecule has 0 aromatic rings. The summed E-state index contributed by atoms with van der Waals surface area (Å²) in [7, 11) is 0.517. The first-order valence-electron chi connectivity index (χ1n) is 7.45. The maximum absolute atomic E-state index is 11.3. The van der Waals surface area contributed by atoms with Gasteiger partial charge >= 0.3 is 0 Å². The third-order valence-electron chi connectivity index (χ3n) is 3.31. The highest BCUT2D eigenvalue weighted by molar-refractivity contribution is 14.0. The number of guanidine groups is 1. The predicted octanol–water partition coefficient (Wildman–Crippen LogP) is 0.478. The van der Waals surface area contributed by atoms with Crippen LogP contribution in [0.2, 0.25) is 0 Å². The Kier molecular flexibility index (Phi) is 11.3. The van der Waals surface area contributed by atoms with Gasteiger partial charge in [0, 0.05) is 40.3 Å². The zero-order valence-corrected chi connectivity index (χ0v) is 16.8. The summed E-state index contributed by atoms with van der Waals surface area (Å²) in [5, 5.41) is 3.12. The topological polar surface area (TPSA) is 83.0 Å². The Morgan fingerprint density at radius 1 is 1.36 bits per heavy atom. The lowest BCUT2D eigenvalue weighted by Crippen LogP contribution is -2.43. The lowest BCUT2D eigenvalue weighted by Gasteiger charge is -2.22. The molecule has 9 heteroatoms. The Hall–Kier alpha value is -0.130. The summed E-state index contributed by atoms with van der Waals surface area (Å²) < 4.78 is 30.7. The van der Waals surface area contributed by atoms with Crippen molar-refractivity contribution < 1.29 is 13.2 Å². The van der Waals surface area contributed by atoms with Gasteiger partial charge < -0.3 is 15.0 Å². The number of sulfonamides is 1. The molecule has 0 atom stereocenters. The van der Waals surface area contributed by atoms with E-state index in [4.69, 9.17) is 4.74 Å². The van der Waals surface area contributed by atoms with Crippen molar-refractivity contribution >= 4 is 40.0 Å². The van der Waals surface area contributed by atoms with Crippen molar-refractivity contribution in [2.45, 2.75) is 19.8 Å². The molecule has 0 aliphatic heterocycles. The Balaban J connectivity index is 0.00000441. The van der Waals surface area contributed by atoms with Gasteiger partial charge in [-0.1, -0.05) is 0 Å². The largest absolute Gasteiger partial charge is 0.379 e. The number of aliphatic imine (C=N–C) groups is 1. The van der Waals surface area contributed by atoms with Crippen molar-refractivity contribution in [3.63, 3.8) is 0 Å². The van der Waals surface area contributed by atoms with Crippen molar-refractivity contribution in [3.05, 3.63) is 0 Å². The van der Waals surface area contributed by atoms with Crippen LogP contribution in [-0.4, -0.2) is 72.0 Å². The number of ether oxygens (including phenoxy) is 1. The fourth-order valence-electron chi connectivity index (χ4n) is 1.71. The van der Waals surface area contributed by atoms with Crippen LogP contribution in [-0.2, 0) is 14.8 Å². The van der Waals surface area contributed by atoms with E-state index in [-0.39, 0.29) is 29.7 Å². The van der Waals surface area contributed by atoms with Crippen molar-refractivity contribution in [3.8, 4) is 0 Å². The van der Waals surface area contributed by atoms with E-state index in [0.29, 0.717) is 19.7 Å². The lowest BCUT2D eigenvalue weighted by atomic mass is 10.5. The number of nitrogens with zero attached hydrogens (tertiary/aromatic N) is 2. The summed E-state index contributed by atoms with van der Waals surface area (Å²) in [5.41, 5.74) is 0. The highest BCUT2D eigenvalue weighted by Gasteiger charge is 2.21. The van der Waals surface area contributed by atoms with Crippen LogP contribution < -0.4 is 10.0 Å². The second-order valence-corrected chi connectivity index (χ2v) is 7.31. The van der Waals surface area contributed by atoms with Crippen LogP contribution in [0.25, 0.3) is 0 Å². The minimum absolute atomic E-state index is 0. The quantitative estimate of drug-likeness (QED) is 0.220. The van der Waals surface area contributed by atoms with E-state index >= 15 is 0 Å². The molecule has 0 radical (unpaired) electrons. The van der Waals surface area contributed by atoms with E-state index in [1.807, 2.05) is 11.9 Å². The van der Waals surface area contributed by atoms with E-state index in [1.54, 1.807) is 14.0 Å². The zero-order valence-electron chi connectivity index (χ0n) is 13.7. The van der Waals surface area contributed by atoms with Crippen LogP contribution in [0, 0.1) is 5.92 Å². The fraction of sp³-hybridized carbons (Fsp3) is 0.923. The molecule has 0 spiro atoms. The van der Waals surface area contributed by atoms with Crippen LogP contribution in [0.4, 0.5) is 0 Å². The third-order valence-corrected chi connectivity index (χ3v) is 4.71. The standard InChI is InChI=1S/C13H28N4O3S.HI/c1-4-21(18,19)16-8-7-15-13(14-2)17(3)9-10-20-11-12-5-6-12;/h12,16H,4-11H2,1-3H3,(H,14,15);1H. The first-order valence-corrected chi connectivity index (χ1v) is 9.10. The molecule has 132 valence electrons. The maximum atomic E-state index is 11.3. The fourth-order valence-corrected chi connectivity index (χ4v) is 2.33. The van der Waals surface area contributed by atoms with E-state index in [9.17, 15) is 8.42 Å². The van der Waals surface area contributed by atoms with Gasteiger partial charge in [-0.15, -0.1) is 24.0 Å². The molecule has 1 aliphatic rings. The van der Waals surface area contributed by atoms with Gasteiger partial charge in [-0.05, 0) is 25.7 Å². The van der Waals surface area contributed by atoms with E-state index in [1.165, 1.54) is 12.8 Å². The lowest BCUT2D eigenvalue weighted by molar-refractivity contribution is 0.115. The first-order chi connectivity index (χ1) is 9.98. The molecular formula is C13H29IN4O3S. The first kappa shape index (κ1) is 21.9. The molecule has 1 rings (SSSR count). The summed E-state index contributed by atoms with van der Waals surface area (Å²) in [4.78, 5) is 6.14. The smallest absolute Gasteiger partial charge is 0.211 e. The molecule has 1 aliphatic carbocycles. The summed E-state index contributed by atoms with van der Waals surface area (Å²) in [5.74, 6) is 1.61. The Morgan fingerprint density at radius 2 is 2.05 bits per heavy atom. The molecule has 7 nitrogen and oxygen atoms in total. The second kappa shape index (κ2) is 11.4. The zero-order chi connectivity index (χ0) is 15.7. The molecule has 1 fully saturated rings. The van der Waals surface area contributed by atoms with Crippen LogP contribution in [0.1, 0.15) is 19.8 Å². The van der Waals surface area contributed by atoms with Crippen molar-refractivity contribution in [1.29, 1.82) is 0 Å². The van der Waals surface area contributed by atoms with E-state index in [2.05, 4.69) is 15.0 Å². The van der Waals surface area contributed by atoms with Crippen LogP contribution in [0.5, 0.6) is 0 Å². The van der Waals surface area contributed by atoms with E-state index < -0.39 is 10.0 Å². The molecule has 0 saturated heterocycles. The number of rotatable bonds is 10. The average Bonchev–Trinajstić information content (AvgIpc) is 3.27. The molecule has 0 bridgehead atoms. The van der Waals surface area contributed by atoms with Gasteiger partial charge in [-0.25, -0.2) is 13.1 Å². The molecule has 0 heterocycles. The van der Waals surface area contributed by atoms with E-state index in [0.717, 1.165) is 25.0 Å². The highest BCUT2D eigenvalue weighted by atomic mass is 127. The third kappa shape index (κ3) is 9.80. The van der Waals surface area contributed by atoms with Gasteiger partial charge in [-0.2, -0.15) is 0 Å². The summed E-state index contributed by atoms with van der Waals surface area (Å²) in [6, 6.07) is 0. The summed E-state index contributed by atoms with van der Waals surface area (Å²) >= 11 is 0. The summed E-state index contributed by atoms with van der Waals surface area (Å²) in [6.07, 6.45) is 2.60. The predicted molar refractivity (Wildman–Crippen MR) is 100 cm³/mol. The number of halogens is 1. The second-order valence-electron chi connectivity index (χ2n) is 5.21. The van der Waals surface area contributed by atoms with Gasteiger partial charge in [0.1, 0.15) is 0 Å². The van der Waals surface area contributed by atoms with Crippen LogP contribution in [0.3, 0.4) is 0 Å². The normalized spacial score (nSPS) is 15.3. The molecule has 2 N–H and O–H groups in total. The Morgan fingerprint density at radius 3 is 2.59 bits per heavy atom. The Labute approximate surface area is 151 Å². The number of likely N-dealkylation sites (N-methyl/N-ethyl adjacent to an activating group) is 1. The minimum atomic E-state index is -3.13. The van der Waals surface area contributed by atoms with Gasteiger partial charge in [-0.3, -0.25) is 4.99 Å². The molecule has 0 amide bonds. The molecule has 1 saturated carbocycles. The van der Waals surface area contributed by atoms with Gasteiger partial charge in [0.25, 0.3) is 0 Å². The molecular weight excluding hydrogens is 419 g/mol. The van der Waals surface area contributed by atoms with Crippen molar-refractivity contribution in [1.82, 2.24) is 14.9 Å². The van der Waals surface area contributed by atoms with Gasteiger partial charge in [0.15, 0.2) is 5.96 Å². The maximum Gasteiger partial charge on any atom is 0.211 e.